The van der Waals surface area contributed by atoms with Crippen LogP contribution in [0.5, 0.6) is 0 Å². The highest BCUT2D eigenvalue weighted by Gasteiger charge is 2.06. The maximum Gasteiger partial charge on any atom is 0.335 e. The fourth-order valence-corrected chi connectivity index (χ4v) is 2.09. The third-order valence-electron chi connectivity index (χ3n) is 2.14. The Balaban J connectivity index is 2.54. The molecule has 17 heavy (non-hydrogen) atoms. The van der Waals surface area contributed by atoms with Crippen LogP contribution in [0.1, 0.15) is 16.8 Å². The molecular formula is C11H14ClNO3S. The summed E-state index contributed by atoms with van der Waals surface area (Å²) < 4.78 is 10.8. The minimum atomic E-state index is -1.00. The average Bonchev–Trinajstić information content (AvgIpc) is 2.25. The lowest BCUT2D eigenvalue weighted by molar-refractivity contribution is 0.0697. The largest absolute Gasteiger partial charge is 0.478 e. The first kappa shape index (κ1) is 14.0. The molecule has 0 heterocycles. The van der Waals surface area contributed by atoms with Gasteiger partial charge in [0.25, 0.3) is 0 Å². The van der Waals surface area contributed by atoms with E-state index in [4.69, 9.17) is 16.7 Å². The molecule has 0 amide bonds. The smallest absolute Gasteiger partial charge is 0.335 e. The van der Waals surface area contributed by atoms with E-state index in [1.807, 2.05) is 0 Å². The molecule has 0 aliphatic carbocycles. The van der Waals surface area contributed by atoms with Crippen LogP contribution in [0.15, 0.2) is 18.2 Å². The number of rotatable bonds is 6. The zero-order valence-corrected chi connectivity index (χ0v) is 11.0. The van der Waals surface area contributed by atoms with Gasteiger partial charge in [0.1, 0.15) is 0 Å². The van der Waals surface area contributed by atoms with Crippen molar-refractivity contribution < 1.29 is 14.1 Å². The molecule has 94 valence electrons. The van der Waals surface area contributed by atoms with Crippen LogP contribution >= 0.6 is 11.6 Å². The van der Waals surface area contributed by atoms with Gasteiger partial charge in [-0.3, -0.25) is 4.21 Å². The molecule has 1 aromatic rings. The van der Waals surface area contributed by atoms with Crippen LogP contribution < -0.4 is 5.32 Å². The summed E-state index contributed by atoms with van der Waals surface area (Å²) in [5.74, 6) is -0.363. The summed E-state index contributed by atoms with van der Waals surface area (Å²) in [7, 11) is -0.789. The van der Waals surface area contributed by atoms with Crippen LogP contribution in [-0.2, 0) is 10.8 Å². The Kier molecular flexibility index (Phi) is 5.44. The van der Waals surface area contributed by atoms with Gasteiger partial charge in [-0.25, -0.2) is 4.79 Å². The normalized spacial score (nSPS) is 12.1. The Labute approximate surface area is 107 Å². The van der Waals surface area contributed by atoms with E-state index in [9.17, 15) is 9.00 Å². The molecule has 0 aliphatic rings. The highest BCUT2D eigenvalue weighted by Crippen LogP contribution is 2.22. The number of halogens is 1. The molecule has 1 aromatic carbocycles. The van der Waals surface area contributed by atoms with Gasteiger partial charge in [0.15, 0.2) is 0 Å². The van der Waals surface area contributed by atoms with Crippen molar-refractivity contribution in [2.24, 2.45) is 0 Å². The summed E-state index contributed by atoms with van der Waals surface area (Å²) in [6.07, 6.45) is 2.44. The van der Waals surface area contributed by atoms with Crippen molar-refractivity contribution in [3.05, 3.63) is 28.8 Å². The van der Waals surface area contributed by atoms with Crippen LogP contribution in [0.2, 0.25) is 5.02 Å². The lowest BCUT2D eigenvalue weighted by Gasteiger charge is -2.08. The van der Waals surface area contributed by atoms with Gasteiger partial charge in [0.2, 0.25) is 0 Å². The summed E-state index contributed by atoms with van der Waals surface area (Å²) in [5.41, 5.74) is 0.855. The van der Waals surface area contributed by atoms with Crippen LogP contribution in [-0.4, -0.2) is 33.8 Å². The van der Waals surface area contributed by atoms with Gasteiger partial charge < -0.3 is 10.4 Å². The molecule has 0 saturated carbocycles. The Morgan fingerprint density at radius 3 is 2.76 bits per heavy atom. The number of aromatic carboxylic acids is 1. The van der Waals surface area contributed by atoms with Crippen molar-refractivity contribution in [3.63, 3.8) is 0 Å². The van der Waals surface area contributed by atoms with E-state index in [-0.39, 0.29) is 5.56 Å². The molecule has 0 spiro atoms. The number of carbonyl (C=O) groups is 1. The van der Waals surface area contributed by atoms with Crippen molar-refractivity contribution in [1.82, 2.24) is 0 Å². The van der Waals surface area contributed by atoms with Crippen LogP contribution in [0.4, 0.5) is 5.69 Å². The first-order valence-electron chi connectivity index (χ1n) is 5.07. The van der Waals surface area contributed by atoms with Gasteiger partial charge in [-0.2, -0.15) is 0 Å². The third kappa shape index (κ3) is 4.75. The number of benzene rings is 1. The minimum absolute atomic E-state index is 0.162. The van der Waals surface area contributed by atoms with E-state index in [2.05, 4.69) is 5.32 Å². The Morgan fingerprint density at radius 1 is 1.53 bits per heavy atom. The minimum Gasteiger partial charge on any atom is -0.478 e. The number of hydrogen-bond acceptors (Lipinski definition) is 3. The zero-order valence-electron chi connectivity index (χ0n) is 9.40. The summed E-state index contributed by atoms with van der Waals surface area (Å²) in [4.78, 5) is 10.7. The second-order valence-electron chi connectivity index (χ2n) is 3.56. The van der Waals surface area contributed by atoms with Crippen LogP contribution in [0, 0.1) is 0 Å². The van der Waals surface area contributed by atoms with Crippen molar-refractivity contribution >= 4 is 34.1 Å². The molecule has 6 heteroatoms. The molecule has 1 rings (SSSR count). The molecule has 0 fully saturated rings. The van der Waals surface area contributed by atoms with E-state index in [0.717, 1.165) is 6.42 Å². The Morgan fingerprint density at radius 2 is 2.24 bits per heavy atom. The molecular weight excluding hydrogens is 262 g/mol. The van der Waals surface area contributed by atoms with Crippen molar-refractivity contribution in [2.45, 2.75) is 6.42 Å². The molecule has 0 aliphatic heterocycles. The van der Waals surface area contributed by atoms with Crippen LogP contribution in [0.3, 0.4) is 0 Å². The highest BCUT2D eigenvalue weighted by molar-refractivity contribution is 7.84. The molecule has 0 saturated heterocycles. The first-order chi connectivity index (χ1) is 8.00. The van der Waals surface area contributed by atoms with Crippen LogP contribution in [0.25, 0.3) is 0 Å². The quantitative estimate of drug-likeness (QED) is 0.781. The standard InChI is InChI=1S/C11H14ClNO3S/c1-17(16)6-2-5-13-10-4-3-8(11(14)15)7-9(10)12/h3-4,7,13H,2,5-6H2,1H3,(H,14,15). The Hall–Kier alpha value is -1.07. The third-order valence-corrected chi connectivity index (χ3v) is 3.32. The maximum atomic E-state index is 10.8. The average molecular weight is 276 g/mol. The molecule has 1 unspecified atom stereocenters. The van der Waals surface area contributed by atoms with Gasteiger partial charge in [-0.15, -0.1) is 0 Å². The number of hydrogen-bond donors (Lipinski definition) is 2. The van der Waals surface area contributed by atoms with Gasteiger partial charge in [-0.05, 0) is 24.6 Å². The van der Waals surface area contributed by atoms with Gasteiger partial charge in [0.05, 0.1) is 16.3 Å². The van der Waals surface area contributed by atoms with Crippen molar-refractivity contribution in [1.29, 1.82) is 0 Å². The lowest BCUT2D eigenvalue weighted by Crippen LogP contribution is -2.07. The summed E-state index contributed by atoms with van der Waals surface area (Å²) in [6, 6.07) is 4.54. The molecule has 2 N–H and O–H groups in total. The predicted octanol–water partition coefficient (Wildman–Crippen LogP) is 2.22. The van der Waals surface area contributed by atoms with Gasteiger partial charge >= 0.3 is 5.97 Å². The van der Waals surface area contributed by atoms with Crippen molar-refractivity contribution in [3.8, 4) is 0 Å². The topological polar surface area (TPSA) is 66.4 Å². The number of carboxylic acids is 1. The molecule has 0 bridgehead atoms. The fraction of sp³-hybridized carbons (Fsp3) is 0.364. The molecule has 0 radical (unpaired) electrons. The van der Waals surface area contributed by atoms with Crippen molar-refractivity contribution in [2.75, 3.05) is 23.9 Å². The van der Waals surface area contributed by atoms with E-state index < -0.39 is 16.8 Å². The number of carboxylic acid groups (broad SMARTS) is 1. The fourth-order valence-electron chi connectivity index (χ4n) is 1.29. The summed E-state index contributed by atoms with van der Waals surface area (Å²) in [6.45, 7) is 0.658. The maximum absolute atomic E-state index is 10.8. The highest BCUT2D eigenvalue weighted by atomic mass is 35.5. The van der Waals surface area contributed by atoms with E-state index in [1.54, 1.807) is 12.3 Å². The van der Waals surface area contributed by atoms with Gasteiger partial charge in [-0.1, -0.05) is 11.6 Å². The monoisotopic (exact) mass is 275 g/mol. The number of anilines is 1. The zero-order chi connectivity index (χ0) is 12.8. The lowest BCUT2D eigenvalue weighted by atomic mass is 10.2. The SMILES string of the molecule is CS(=O)CCCNc1ccc(C(=O)O)cc1Cl. The predicted molar refractivity (Wildman–Crippen MR) is 70.5 cm³/mol. The van der Waals surface area contributed by atoms with Gasteiger partial charge in [0, 0.05) is 29.4 Å². The Bertz CT molecular complexity index is 437. The molecule has 1 atom stereocenters. The second kappa shape index (κ2) is 6.61. The summed E-state index contributed by atoms with van der Waals surface area (Å²) >= 11 is 5.93. The second-order valence-corrected chi connectivity index (χ2v) is 5.52. The number of nitrogens with one attached hydrogen (secondary N) is 1. The first-order valence-corrected chi connectivity index (χ1v) is 7.18. The summed E-state index contributed by atoms with van der Waals surface area (Å²) in [5, 5.41) is 12.2. The van der Waals surface area contributed by atoms with E-state index in [1.165, 1.54) is 12.1 Å². The van der Waals surface area contributed by atoms with E-state index >= 15 is 0 Å². The molecule has 4 nitrogen and oxygen atoms in total. The van der Waals surface area contributed by atoms with E-state index in [0.29, 0.717) is 23.0 Å². The molecule has 0 aromatic heterocycles.